The summed E-state index contributed by atoms with van der Waals surface area (Å²) in [5.41, 5.74) is 1.12. The minimum Gasteiger partial charge on any atom is -0.352 e. The molecular formula is C19H16Cl3N5O. The molecule has 144 valence electrons. The van der Waals surface area contributed by atoms with Crippen LogP contribution in [0.25, 0.3) is 5.69 Å². The van der Waals surface area contributed by atoms with Gasteiger partial charge in [-0.15, -0.1) is 0 Å². The molecule has 0 saturated carbocycles. The third-order valence-electron chi connectivity index (χ3n) is 4.56. The van der Waals surface area contributed by atoms with Crippen molar-refractivity contribution in [3.8, 4) is 5.69 Å². The van der Waals surface area contributed by atoms with Crippen LogP contribution in [0.4, 0.5) is 5.82 Å². The third kappa shape index (κ3) is 3.81. The Hall–Kier alpha value is -2.28. The van der Waals surface area contributed by atoms with E-state index in [4.69, 9.17) is 34.8 Å². The number of carbonyl (C=O) groups is 1. The zero-order valence-corrected chi connectivity index (χ0v) is 17.0. The first-order chi connectivity index (χ1) is 13.5. The Morgan fingerprint density at radius 3 is 2.43 bits per heavy atom. The lowest BCUT2D eigenvalue weighted by Crippen LogP contribution is -2.49. The molecule has 1 aliphatic heterocycles. The first-order valence-corrected chi connectivity index (χ1v) is 9.82. The van der Waals surface area contributed by atoms with E-state index in [9.17, 15) is 4.79 Å². The van der Waals surface area contributed by atoms with Crippen molar-refractivity contribution in [2.45, 2.75) is 0 Å². The van der Waals surface area contributed by atoms with Crippen molar-refractivity contribution in [1.29, 1.82) is 0 Å². The summed E-state index contributed by atoms with van der Waals surface area (Å²) in [5, 5.41) is 5.97. The zero-order chi connectivity index (χ0) is 19.7. The van der Waals surface area contributed by atoms with Crippen LogP contribution in [0.5, 0.6) is 0 Å². The second-order valence-electron chi connectivity index (χ2n) is 6.34. The molecule has 6 nitrogen and oxygen atoms in total. The summed E-state index contributed by atoms with van der Waals surface area (Å²) in [4.78, 5) is 21.0. The van der Waals surface area contributed by atoms with E-state index in [-0.39, 0.29) is 5.91 Å². The maximum atomic E-state index is 12.8. The van der Waals surface area contributed by atoms with Crippen molar-refractivity contribution >= 4 is 46.5 Å². The average Bonchev–Trinajstić information content (AvgIpc) is 3.18. The predicted octanol–water partition coefficient (Wildman–Crippen LogP) is 4.19. The number of para-hydroxylation sites is 1. The van der Waals surface area contributed by atoms with Gasteiger partial charge in [-0.25, -0.2) is 9.67 Å². The fourth-order valence-electron chi connectivity index (χ4n) is 3.13. The molecule has 2 aromatic heterocycles. The molecular weight excluding hydrogens is 421 g/mol. The molecule has 28 heavy (non-hydrogen) atoms. The number of nitrogens with zero attached hydrogens (tertiary/aromatic N) is 5. The van der Waals surface area contributed by atoms with Gasteiger partial charge in [0.25, 0.3) is 5.91 Å². The lowest BCUT2D eigenvalue weighted by atomic mass is 10.2. The molecule has 0 radical (unpaired) electrons. The SMILES string of the molecule is O=C(c1ccn(-c2ccccc2Cl)n1)N1CCN(c2ncc(Cl)cc2Cl)CC1. The highest BCUT2D eigenvalue weighted by Gasteiger charge is 2.25. The van der Waals surface area contributed by atoms with E-state index < -0.39 is 0 Å². The summed E-state index contributed by atoms with van der Waals surface area (Å²) in [7, 11) is 0. The molecule has 1 saturated heterocycles. The van der Waals surface area contributed by atoms with E-state index >= 15 is 0 Å². The number of rotatable bonds is 3. The smallest absolute Gasteiger partial charge is 0.274 e. The van der Waals surface area contributed by atoms with Crippen LogP contribution in [0, 0.1) is 0 Å². The van der Waals surface area contributed by atoms with Crippen LogP contribution < -0.4 is 4.90 Å². The van der Waals surface area contributed by atoms with E-state index in [2.05, 4.69) is 10.1 Å². The standard InChI is InChI=1S/C19H16Cl3N5O/c20-13-11-15(22)18(23-12-13)25-7-9-26(10-8-25)19(28)16-5-6-27(24-16)17-4-2-1-3-14(17)21/h1-6,11-12H,7-10H2. The highest BCUT2D eigenvalue weighted by Crippen LogP contribution is 2.27. The number of carbonyl (C=O) groups excluding carboxylic acids is 1. The number of amides is 1. The van der Waals surface area contributed by atoms with E-state index in [0.29, 0.717) is 52.8 Å². The molecule has 1 aromatic carbocycles. The maximum Gasteiger partial charge on any atom is 0.274 e. The Labute approximate surface area is 177 Å². The van der Waals surface area contributed by atoms with Gasteiger partial charge in [0.15, 0.2) is 5.69 Å². The zero-order valence-electron chi connectivity index (χ0n) is 14.7. The van der Waals surface area contributed by atoms with Gasteiger partial charge in [-0.1, -0.05) is 46.9 Å². The van der Waals surface area contributed by atoms with E-state index in [0.717, 1.165) is 5.69 Å². The number of piperazine rings is 1. The van der Waals surface area contributed by atoms with Gasteiger partial charge in [0.05, 0.1) is 20.8 Å². The number of halogens is 3. The fraction of sp³-hybridized carbons (Fsp3) is 0.211. The third-order valence-corrected chi connectivity index (χ3v) is 5.37. The van der Waals surface area contributed by atoms with E-state index in [1.54, 1.807) is 40.2 Å². The van der Waals surface area contributed by atoms with Crippen molar-refractivity contribution in [2.75, 3.05) is 31.1 Å². The van der Waals surface area contributed by atoms with E-state index in [1.807, 2.05) is 23.1 Å². The molecule has 0 unspecified atom stereocenters. The Bertz CT molecular complexity index is 1010. The van der Waals surface area contributed by atoms with Gasteiger partial charge in [-0.05, 0) is 24.3 Å². The van der Waals surface area contributed by atoms with Crippen LogP contribution in [0.2, 0.25) is 15.1 Å². The van der Waals surface area contributed by atoms with Crippen molar-refractivity contribution in [3.63, 3.8) is 0 Å². The van der Waals surface area contributed by atoms with Gasteiger partial charge in [-0.2, -0.15) is 5.10 Å². The summed E-state index contributed by atoms with van der Waals surface area (Å²) in [6.45, 7) is 2.37. The highest BCUT2D eigenvalue weighted by molar-refractivity contribution is 6.36. The lowest BCUT2D eigenvalue weighted by molar-refractivity contribution is 0.0740. The van der Waals surface area contributed by atoms with Crippen LogP contribution in [-0.4, -0.2) is 51.8 Å². The van der Waals surface area contributed by atoms with Crippen molar-refractivity contribution in [1.82, 2.24) is 19.7 Å². The highest BCUT2D eigenvalue weighted by atomic mass is 35.5. The molecule has 0 bridgehead atoms. The second kappa shape index (κ2) is 7.99. The Morgan fingerprint density at radius 1 is 0.964 bits per heavy atom. The first-order valence-electron chi connectivity index (χ1n) is 8.69. The van der Waals surface area contributed by atoms with Gasteiger partial charge in [0, 0.05) is 38.6 Å². The molecule has 1 fully saturated rings. The molecule has 0 aliphatic carbocycles. The fourth-order valence-corrected chi connectivity index (χ4v) is 3.86. The average molecular weight is 437 g/mol. The normalized spacial score (nSPS) is 14.4. The van der Waals surface area contributed by atoms with Gasteiger partial charge in [0.1, 0.15) is 5.82 Å². The Morgan fingerprint density at radius 2 is 1.71 bits per heavy atom. The second-order valence-corrected chi connectivity index (χ2v) is 7.59. The monoisotopic (exact) mass is 435 g/mol. The van der Waals surface area contributed by atoms with Crippen LogP contribution in [0.1, 0.15) is 10.5 Å². The van der Waals surface area contributed by atoms with Crippen molar-refractivity contribution in [3.05, 3.63) is 69.6 Å². The number of benzene rings is 1. The summed E-state index contributed by atoms with van der Waals surface area (Å²) in [6.07, 6.45) is 3.31. The van der Waals surface area contributed by atoms with Crippen LogP contribution >= 0.6 is 34.8 Å². The minimum absolute atomic E-state index is 0.111. The predicted molar refractivity (Wildman–Crippen MR) is 111 cm³/mol. The molecule has 0 atom stereocenters. The molecule has 3 heterocycles. The van der Waals surface area contributed by atoms with Crippen LogP contribution in [0.3, 0.4) is 0 Å². The summed E-state index contributed by atoms with van der Waals surface area (Å²) in [5.74, 6) is 0.571. The van der Waals surface area contributed by atoms with Crippen LogP contribution in [0.15, 0.2) is 48.8 Å². The molecule has 0 N–H and O–H groups in total. The lowest BCUT2D eigenvalue weighted by Gasteiger charge is -2.35. The molecule has 1 amide bonds. The topological polar surface area (TPSA) is 54.3 Å². The minimum atomic E-state index is -0.111. The van der Waals surface area contributed by atoms with Gasteiger partial charge in [0.2, 0.25) is 0 Å². The molecule has 0 spiro atoms. The van der Waals surface area contributed by atoms with Crippen molar-refractivity contribution in [2.24, 2.45) is 0 Å². The molecule has 3 aromatic rings. The van der Waals surface area contributed by atoms with Gasteiger partial charge >= 0.3 is 0 Å². The Kier molecular flexibility index (Phi) is 5.44. The maximum absolute atomic E-state index is 12.8. The van der Waals surface area contributed by atoms with Crippen LogP contribution in [-0.2, 0) is 0 Å². The number of hydrogen-bond acceptors (Lipinski definition) is 4. The first kappa shape index (κ1) is 19.1. The van der Waals surface area contributed by atoms with E-state index in [1.165, 1.54) is 0 Å². The molecule has 4 rings (SSSR count). The summed E-state index contributed by atoms with van der Waals surface area (Å²) >= 11 is 18.4. The van der Waals surface area contributed by atoms with Gasteiger partial charge in [-0.3, -0.25) is 4.79 Å². The Balaban J connectivity index is 1.44. The van der Waals surface area contributed by atoms with Crippen molar-refractivity contribution < 1.29 is 4.79 Å². The van der Waals surface area contributed by atoms with Gasteiger partial charge < -0.3 is 9.80 Å². The summed E-state index contributed by atoms with van der Waals surface area (Å²) in [6, 6.07) is 10.7. The number of aromatic nitrogens is 3. The number of anilines is 1. The molecule has 9 heteroatoms. The number of pyridine rings is 1. The summed E-state index contributed by atoms with van der Waals surface area (Å²) < 4.78 is 1.61. The number of hydrogen-bond donors (Lipinski definition) is 0. The largest absolute Gasteiger partial charge is 0.352 e. The molecule has 1 aliphatic rings. The quantitative estimate of drug-likeness (QED) is 0.618.